The molecule has 1 unspecified atom stereocenters. The fourth-order valence-electron chi connectivity index (χ4n) is 0.804. The summed E-state index contributed by atoms with van der Waals surface area (Å²) in [5, 5.41) is 16.7. The highest BCUT2D eigenvalue weighted by atomic mass is 16.4. The highest BCUT2D eigenvalue weighted by Crippen LogP contribution is 2.07. The Bertz CT molecular complexity index is 208. The van der Waals surface area contributed by atoms with Crippen molar-refractivity contribution in [2.75, 3.05) is 0 Å². The van der Waals surface area contributed by atoms with E-state index in [0.29, 0.717) is 6.42 Å². The number of hydrogen-bond donors (Lipinski definition) is 2. The molecule has 0 amide bonds. The van der Waals surface area contributed by atoms with Gasteiger partial charge >= 0.3 is 11.9 Å². The van der Waals surface area contributed by atoms with Crippen LogP contribution in [-0.2, 0) is 14.4 Å². The monoisotopic (exact) mass is 174 g/mol. The predicted octanol–water partition coefficient (Wildman–Crippen LogP) is 0.141. The Morgan fingerprint density at radius 2 is 1.75 bits per heavy atom. The second kappa shape index (κ2) is 4.48. The highest BCUT2D eigenvalue weighted by molar-refractivity contribution is 6.36. The third-order valence-corrected chi connectivity index (χ3v) is 1.40. The van der Waals surface area contributed by atoms with E-state index in [-0.39, 0.29) is 6.42 Å². The second-order valence-electron chi connectivity index (χ2n) is 2.35. The second-order valence-corrected chi connectivity index (χ2v) is 2.35. The largest absolute Gasteiger partial charge is 0.481 e. The Morgan fingerprint density at radius 1 is 1.25 bits per heavy atom. The number of aliphatic carboxylic acids is 2. The van der Waals surface area contributed by atoms with E-state index in [1.807, 2.05) is 0 Å². The molecule has 5 nitrogen and oxygen atoms in total. The molecule has 0 saturated carbocycles. The van der Waals surface area contributed by atoms with Crippen LogP contribution in [0.15, 0.2) is 0 Å². The quantitative estimate of drug-likeness (QED) is 0.457. The maximum Gasteiger partial charge on any atom is 0.373 e. The van der Waals surface area contributed by atoms with Crippen molar-refractivity contribution in [3.8, 4) is 0 Å². The van der Waals surface area contributed by atoms with Gasteiger partial charge < -0.3 is 10.2 Å². The van der Waals surface area contributed by atoms with Crippen molar-refractivity contribution in [1.82, 2.24) is 0 Å². The summed E-state index contributed by atoms with van der Waals surface area (Å²) < 4.78 is 0. The Hall–Kier alpha value is -1.39. The van der Waals surface area contributed by atoms with E-state index in [0.717, 1.165) is 0 Å². The van der Waals surface area contributed by atoms with Gasteiger partial charge in [0.15, 0.2) is 0 Å². The lowest BCUT2D eigenvalue weighted by molar-refractivity contribution is -0.157. The first kappa shape index (κ1) is 10.6. The molecule has 0 aliphatic carbocycles. The predicted molar refractivity (Wildman–Crippen MR) is 38.7 cm³/mol. The van der Waals surface area contributed by atoms with Crippen LogP contribution in [0.25, 0.3) is 0 Å². The maximum absolute atomic E-state index is 10.7. The summed E-state index contributed by atoms with van der Waals surface area (Å²) in [4.78, 5) is 31.2. The Labute approximate surface area is 69.0 Å². The highest BCUT2D eigenvalue weighted by Gasteiger charge is 2.30. The van der Waals surface area contributed by atoms with E-state index in [1.165, 1.54) is 0 Å². The van der Waals surface area contributed by atoms with Gasteiger partial charge in [-0.1, -0.05) is 13.3 Å². The van der Waals surface area contributed by atoms with Gasteiger partial charge in [-0.2, -0.15) is 0 Å². The summed E-state index contributed by atoms with van der Waals surface area (Å²) in [6, 6.07) is 0. The third-order valence-electron chi connectivity index (χ3n) is 1.40. The number of rotatable bonds is 5. The van der Waals surface area contributed by atoms with Crippen molar-refractivity contribution >= 4 is 17.7 Å². The first-order valence-corrected chi connectivity index (χ1v) is 3.50. The first-order chi connectivity index (χ1) is 5.50. The molecule has 5 heteroatoms. The molecule has 2 N–H and O–H groups in total. The number of carboxylic acid groups (broad SMARTS) is 2. The van der Waals surface area contributed by atoms with Gasteiger partial charge in [0.1, 0.15) is 5.92 Å². The molecule has 0 aromatic carbocycles. The minimum absolute atomic E-state index is 0.0699. The van der Waals surface area contributed by atoms with Gasteiger partial charge in [0.05, 0.1) is 0 Å². The standard InChI is InChI=1S/C7H10O5/c1-2-3-4(6(9)10)5(8)7(11)12/h4H,2-3H2,1H3,(H,9,10)(H,11,12). The fraction of sp³-hybridized carbons (Fsp3) is 0.571. The van der Waals surface area contributed by atoms with Gasteiger partial charge in [0, 0.05) is 0 Å². The van der Waals surface area contributed by atoms with E-state index >= 15 is 0 Å². The molecule has 0 aliphatic heterocycles. The topological polar surface area (TPSA) is 91.7 Å². The Kier molecular flexibility index (Phi) is 3.96. The van der Waals surface area contributed by atoms with Crippen LogP contribution >= 0.6 is 0 Å². The van der Waals surface area contributed by atoms with E-state index in [9.17, 15) is 14.4 Å². The molecule has 0 aromatic rings. The number of carboxylic acids is 2. The molecule has 1 atom stereocenters. The van der Waals surface area contributed by atoms with Crippen molar-refractivity contribution in [2.24, 2.45) is 5.92 Å². The van der Waals surface area contributed by atoms with Crippen LogP contribution in [0.4, 0.5) is 0 Å². The van der Waals surface area contributed by atoms with E-state index in [1.54, 1.807) is 6.92 Å². The summed E-state index contributed by atoms with van der Waals surface area (Å²) in [5.41, 5.74) is 0. The molecule has 0 saturated heterocycles. The molecular weight excluding hydrogens is 164 g/mol. The van der Waals surface area contributed by atoms with Gasteiger partial charge in [-0.15, -0.1) is 0 Å². The van der Waals surface area contributed by atoms with Crippen LogP contribution in [0.1, 0.15) is 19.8 Å². The van der Waals surface area contributed by atoms with Crippen molar-refractivity contribution in [1.29, 1.82) is 0 Å². The number of ketones is 1. The van der Waals surface area contributed by atoms with Gasteiger partial charge in [0.25, 0.3) is 5.78 Å². The zero-order valence-electron chi connectivity index (χ0n) is 6.61. The zero-order chi connectivity index (χ0) is 9.72. The molecule has 0 fully saturated rings. The van der Waals surface area contributed by atoms with E-state index < -0.39 is 23.6 Å². The molecule has 0 rings (SSSR count). The summed E-state index contributed by atoms with van der Waals surface area (Å²) >= 11 is 0. The average Bonchev–Trinajstić information content (AvgIpc) is 1.98. The zero-order valence-corrected chi connectivity index (χ0v) is 6.61. The average molecular weight is 174 g/mol. The Balaban J connectivity index is 4.40. The van der Waals surface area contributed by atoms with Crippen LogP contribution in [0.2, 0.25) is 0 Å². The van der Waals surface area contributed by atoms with Crippen molar-refractivity contribution in [3.63, 3.8) is 0 Å². The van der Waals surface area contributed by atoms with Gasteiger partial charge in [-0.3, -0.25) is 9.59 Å². The molecule has 0 aliphatic rings. The third kappa shape index (κ3) is 2.69. The smallest absolute Gasteiger partial charge is 0.373 e. The normalized spacial score (nSPS) is 12.1. The molecule has 0 bridgehead atoms. The SMILES string of the molecule is CCCC(C(=O)O)C(=O)C(=O)O. The molecule has 0 heterocycles. The van der Waals surface area contributed by atoms with Gasteiger partial charge in [-0.05, 0) is 6.42 Å². The molecule has 68 valence electrons. The fourth-order valence-corrected chi connectivity index (χ4v) is 0.804. The molecule has 0 spiro atoms. The molecule has 12 heavy (non-hydrogen) atoms. The lowest BCUT2D eigenvalue weighted by atomic mass is 9.99. The summed E-state index contributed by atoms with van der Waals surface area (Å²) in [6.45, 7) is 1.69. The van der Waals surface area contributed by atoms with Gasteiger partial charge in [0.2, 0.25) is 0 Å². The number of carbonyl (C=O) groups is 3. The van der Waals surface area contributed by atoms with Crippen LogP contribution in [-0.4, -0.2) is 27.9 Å². The van der Waals surface area contributed by atoms with Crippen LogP contribution in [0.3, 0.4) is 0 Å². The van der Waals surface area contributed by atoms with Crippen molar-refractivity contribution < 1.29 is 24.6 Å². The minimum atomic E-state index is -1.68. The molecular formula is C7H10O5. The van der Waals surface area contributed by atoms with Crippen LogP contribution in [0.5, 0.6) is 0 Å². The maximum atomic E-state index is 10.7. The number of hydrogen-bond acceptors (Lipinski definition) is 3. The lowest BCUT2D eigenvalue weighted by Crippen LogP contribution is -2.29. The number of carbonyl (C=O) groups excluding carboxylic acids is 1. The van der Waals surface area contributed by atoms with Crippen molar-refractivity contribution in [2.45, 2.75) is 19.8 Å². The van der Waals surface area contributed by atoms with Crippen LogP contribution < -0.4 is 0 Å². The van der Waals surface area contributed by atoms with E-state index in [2.05, 4.69) is 0 Å². The van der Waals surface area contributed by atoms with Gasteiger partial charge in [-0.25, -0.2) is 4.79 Å². The Morgan fingerprint density at radius 3 is 2.00 bits per heavy atom. The molecule has 0 radical (unpaired) electrons. The lowest BCUT2D eigenvalue weighted by Gasteiger charge is -2.05. The summed E-state index contributed by atoms with van der Waals surface area (Å²) in [5.74, 6) is -5.70. The van der Waals surface area contributed by atoms with E-state index in [4.69, 9.17) is 10.2 Å². The minimum Gasteiger partial charge on any atom is -0.481 e. The van der Waals surface area contributed by atoms with Crippen LogP contribution in [0, 0.1) is 5.92 Å². The molecule has 0 aromatic heterocycles. The number of Topliss-reactive ketones (excluding diaryl/α,β-unsaturated/α-hetero) is 1. The van der Waals surface area contributed by atoms with Crippen molar-refractivity contribution in [3.05, 3.63) is 0 Å². The summed E-state index contributed by atoms with van der Waals surface area (Å²) in [6.07, 6.45) is 0.538. The first-order valence-electron chi connectivity index (χ1n) is 3.50. The summed E-state index contributed by atoms with van der Waals surface area (Å²) in [7, 11) is 0.